The molecule has 5 rings (SSSR count). The highest BCUT2D eigenvalue weighted by Gasteiger charge is 2.57. The highest BCUT2D eigenvalue weighted by Crippen LogP contribution is 2.60. The van der Waals surface area contributed by atoms with Crippen LogP contribution in [0.4, 0.5) is 0 Å². The predicted octanol–water partition coefficient (Wildman–Crippen LogP) is 4.34. The molecule has 4 saturated carbocycles. The molecule has 3 heteroatoms. The molecule has 23 heavy (non-hydrogen) atoms. The Morgan fingerprint density at radius 1 is 1.04 bits per heavy atom. The van der Waals surface area contributed by atoms with Crippen molar-refractivity contribution in [2.45, 2.75) is 57.1 Å². The fourth-order valence-corrected chi connectivity index (χ4v) is 6.16. The first-order chi connectivity index (χ1) is 10.7. The van der Waals surface area contributed by atoms with E-state index in [0.717, 1.165) is 42.2 Å². The van der Waals surface area contributed by atoms with Crippen molar-refractivity contribution >= 4 is 12.4 Å². The molecule has 4 fully saturated rings. The number of aliphatic hydroxyl groups is 1. The Labute approximate surface area is 146 Å². The predicted molar refractivity (Wildman–Crippen MR) is 96.7 cm³/mol. The summed E-state index contributed by atoms with van der Waals surface area (Å²) >= 11 is 0. The van der Waals surface area contributed by atoms with E-state index in [9.17, 15) is 5.11 Å². The molecular weight excluding hydrogens is 306 g/mol. The zero-order chi connectivity index (χ0) is 15.2. The molecule has 0 heterocycles. The second kappa shape index (κ2) is 6.74. The van der Waals surface area contributed by atoms with Crippen LogP contribution in [0.5, 0.6) is 0 Å². The highest BCUT2D eigenvalue weighted by atomic mass is 35.5. The monoisotopic (exact) mass is 335 g/mol. The lowest BCUT2D eigenvalue weighted by molar-refractivity contribution is -0.0916. The van der Waals surface area contributed by atoms with E-state index in [2.05, 4.69) is 24.4 Å². The Bertz CT molecular complexity index is 490. The molecule has 128 valence electrons. The summed E-state index contributed by atoms with van der Waals surface area (Å²) in [4.78, 5) is 0. The molecule has 1 atom stereocenters. The van der Waals surface area contributed by atoms with Crippen LogP contribution in [0, 0.1) is 23.7 Å². The number of benzene rings is 1. The van der Waals surface area contributed by atoms with E-state index in [4.69, 9.17) is 0 Å². The van der Waals surface area contributed by atoms with Gasteiger partial charge in [0.1, 0.15) is 0 Å². The summed E-state index contributed by atoms with van der Waals surface area (Å²) in [5.41, 5.74) is 1.26. The van der Waals surface area contributed by atoms with Crippen molar-refractivity contribution in [1.29, 1.82) is 0 Å². The van der Waals surface area contributed by atoms with Crippen molar-refractivity contribution < 1.29 is 5.11 Å². The van der Waals surface area contributed by atoms with Gasteiger partial charge in [0.05, 0.1) is 6.10 Å². The molecule has 4 aliphatic carbocycles. The molecule has 1 aromatic rings. The summed E-state index contributed by atoms with van der Waals surface area (Å²) in [6.07, 6.45) is 7.60. The Balaban J connectivity index is 0.00000156. The van der Waals surface area contributed by atoms with Crippen molar-refractivity contribution in [3.05, 3.63) is 35.9 Å². The third-order valence-electron chi connectivity index (χ3n) is 6.82. The fourth-order valence-electron chi connectivity index (χ4n) is 6.16. The quantitative estimate of drug-likeness (QED) is 0.839. The standard InChI is InChI=1S/C20H29NO.ClH/c1-2-21-20(13-19(22)16-6-4-3-5-7-16)17-9-14-8-15(11-17)12-18(20)10-14;/h3-7,14-15,17-19,21-22H,2,8-13H2,1H3;1H. The number of hydrogen-bond donors (Lipinski definition) is 2. The smallest absolute Gasteiger partial charge is 0.0807 e. The van der Waals surface area contributed by atoms with Gasteiger partial charge in [0.25, 0.3) is 0 Å². The van der Waals surface area contributed by atoms with Crippen LogP contribution in [-0.2, 0) is 0 Å². The molecule has 0 radical (unpaired) electrons. The Hall–Kier alpha value is -0.570. The van der Waals surface area contributed by atoms with Crippen molar-refractivity contribution in [3.63, 3.8) is 0 Å². The number of nitrogens with one attached hydrogen (secondary N) is 1. The maximum absolute atomic E-state index is 10.9. The molecule has 1 unspecified atom stereocenters. The second-order valence-corrected chi connectivity index (χ2v) is 8.01. The molecule has 1 aromatic carbocycles. The van der Waals surface area contributed by atoms with Crippen molar-refractivity contribution in [3.8, 4) is 0 Å². The third-order valence-corrected chi connectivity index (χ3v) is 6.82. The lowest BCUT2D eigenvalue weighted by Gasteiger charge is -2.62. The van der Waals surface area contributed by atoms with Crippen LogP contribution < -0.4 is 5.32 Å². The van der Waals surface area contributed by atoms with E-state index in [-0.39, 0.29) is 24.0 Å². The van der Waals surface area contributed by atoms with Gasteiger partial charge >= 0.3 is 0 Å². The average Bonchev–Trinajstić information content (AvgIpc) is 2.52. The first kappa shape index (κ1) is 17.3. The van der Waals surface area contributed by atoms with Gasteiger partial charge < -0.3 is 10.4 Å². The van der Waals surface area contributed by atoms with Gasteiger partial charge in [-0.2, -0.15) is 0 Å². The number of aliphatic hydroxyl groups excluding tert-OH is 1. The van der Waals surface area contributed by atoms with Gasteiger partial charge in [-0.3, -0.25) is 0 Å². The Kier molecular flexibility index (Phi) is 5.06. The first-order valence-corrected chi connectivity index (χ1v) is 9.19. The fraction of sp³-hybridized carbons (Fsp3) is 0.700. The maximum atomic E-state index is 10.9. The average molecular weight is 336 g/mol. The van der Waals surface area contributed by atoms with Crippen LogP contribution in [0.2, 0.25) is 0 Å². The molecule has 2 nitrogen and oxygen atoms in total. The van der Waals surface area contributed by atoms with E-state index in [1.54, 1.807) is 0 Å². The number of hydrogen-bond acceptors (Lipinski definition) is 2. The van der Waals surface area contributed by atoms with Gasteiger partial charge in [-0.15, -0.1) is 12.4 Å². The van der Waals surface area contributed by atoms with E-state index < -0.39 is 0 Å². The van der Waals surface area contributed by atoms with Crippen LogP contribution in [-0.4, -0.2) is 17.2 Å². The Morgan fingerprint density at radius 2 is 1.61 bits per heavy atom. The summed E-state index contributed by atoms with van der Waals surface area (Å²) in [7, 11) is 0. The van der Waals surface area contributed by atoms with Crippen LogP contribution in [0.25, 0.3) is 0 Å². The van der Waals surface area contributed by atoms with Crippen LogP contribution in [0.3, 0.4) is 0 Å². The van der Waals surface area contributed by atoms with Gasteiger partial charge in [0.2, 0.25) is 0 Å². The van der Waals surface area contributed by atoms with E-state index in [1.165, 1.54) is 32.1 Å². The molecule has 0 saturated heterocycles. The summed E-state index contributed by atoms with van der Waals surface area (Å²) < 4.78 is 0. The zero-order valence-electron chi connectivity index (χ0n) is 14.1. The van der Waals surface area contributed by atoms with Gasteiger partial charge in [0.15, 0.2) is 0 Å². The summed E-state index contributed by atoms with van der Waals surface area (Å²) in [5, 5.41) is 14.7. The molecule has 4 aliphatic rings. The van der Waals surface area contributed by atoms with Crippen molar-refractivity contribution in [1.82, 2.24) is 5.32 Å². The molecule has 0 aromatic heterocycles. The first-order valence-electron chi connectivity index (χ1n) is 9.19. The summed E-state index contributed by atoms with van der Waals surface area (Å²) in [6, 6.07) is 10.2. The summed E-state index contributed by atoms with van der Waals surface area (Å²) in [5.74, 6) is 3.51. The van der Waals surface area contributed by atoms with Gasteiger partial charge in [-0.05, 0) is 74.3 Å². The van der Waals surface area contributed by atoms with Crippen LogP contribution >= 0.6 is 12.4 Å². The van der Waals surface area contributed by atoms with Gasteiger partial charge in [0, 0.05) is 5.54 Å². The van der Waals surface area contributed by atoms with Crippen LogP contribution in [0.15, 0.2) is 30.3 Å². The minimum atomic E-state index is -0.335. The normalized spacial score (nSPS) is 39.0. The zero-order valence-corrected chi connectivity index (χ0v) is 14.9. The Morgan fingerprint density at radius 3 is 2.13 bits per heavy atom. The highest BCUT2D eigenvalue weighted by molar-refractivity contribution is 5.85. The second-order valence-electron chi connectivity index (χ2n) is 8.01. The van der Waals surface area contributed by atoms with E-state index in [0.29, 0.717) is 0 Å². The topological polar surface area (TPSA) is 32.3 Å². The van der Waals surface area contributed by atoms with Crippen LogP contribution in [0.1, 0.15) is 57.1 Å². The third kappa shape index (κ3) is 2.94. The molecule has 0 spiro atoms. The molecule has 0 amide bonds. The van der Waals surface area contributed by atoms with Crippen molar-refractivity contribution in [2.75, 3.05) is 6.54 Å². The maximum Gasteiger partial charge on any atom is 0.0807 e. The van der Waals surface area contributed by atoms with Gasteiger partial charge in [-0.25, -0.2) is 0 Å². The summed E-state index contributed by atoms with van der Waals surface area (Å²) in [6.45, 7) is 3.24. The largest absolute Gasteiger partial charge is 0.388 e. The molecular formula is C20H30ClNO. The molecule has 2 N–H and O–H groups in total. The SMILES string of the molecule is CCNC1(CC(O)c2ccccc2)C2CC3CC(C2)CC1C3.Cl. The van der Waals surface area contributed by atoms with Crippen molar-refractivity contribution in [2.24, 2.45) is 23.7 Å². The number of rotatable bonds is 5. The van der Waals surface area contributed by atoms with E-state index in [1.807, 2.05) is 18.2 Å². The van der Waals surface area contributed by atoms with Gasteiger partial charge in [-0.1, -0.05) is 37.3 Å². The molecule has 4 bridgehead atoms. The minimum Gasteiger partial charge on any atom is -0.388 e. The lowest BCUT2D eigenvalue weighted by Crippen LogP contribution is -2.65. The lowest BCUT2D eigenvalue weighted by atomic mass is 9.47. The van der Waals surface area contributed by atoms with E-state index >= 15 is 0 Å². The minimum absolute atomic E-state index is 0. The molecule has 0 aliphatic heterocycles. The number of halogens is 1.